The molecule has 1 heterocycles. The SMILES string of the molecule is COCCN1CC(=O)N(CC=Cc2ccccc2)[C@@H](C)C1=O. The lowest BCUT2D eigenvalue weighted by molar-refractivity contribution is -0.154. The van der Waals surface area contributed by atoms with Crippen LogP contribution in [0.5, 0.6) is 0 Å². The van der Waals surface area contributed by atoms with Gasteiger partial charge in [-0.15, -0.1) is 0 Å². The Kier molecular flexibility index (Phi) is 5.72. The molecule has 1 saturated heterocycles. The number of hydrogen-bond donors (Lipinski definition) is 0. The van der Waals surface area contributed by atoms with Gasteiger partial charge in [-0.25, -0.2) is 0 Å². The number of hydrogen-bond acceptors (Lipinski definition) is 3. The van der Waals surface area contributed by atoms with Crippen LogP contribution in [0, 0.1) is 0 Å². The van der Waals surface area contributed by atoms with Crippen molar-refractivity contribution in [2.75, 3.05) is 33.4 Å². The van der Waals surface area contributed by atoms with E-state index in [-0.39, 0.29) is 18.4 Å². The van der Waals surface area contributed by atoms with Gasteiger partial charge in [0.25, 0.3) is 0 Å². The zero-order valence-electron chi connectivity index (χ0n) is 13.1. The van der Waals surface area contributed by atoms with Crippen LogP contribution < -0.4 is 0 Å². The number of ether oxygens (including phenoxy) is 1. The highest BCUT2D eigenvalue weighted by molar-refractivity contribution is 5.94. The first-order valence-corrected chi connectivity index (χ1v) is 7.42. The topological polar surface area (TPSA) is 49.9 Å². The molecule has 2 amide bonds. The average Bonchev–Trinajstić information content (AvgIpc) is 2.54. The van der Waals surface area contributed by atoms with Crippen LogP contribution in [0.3, 0.4) is 0 Å². The number of nitrogens with zero attached hydrogens (tertiary/aromatic N) is 2. The van der Waals surface area contributed by atoms with Gasteiger partial charge in [-0.3, -0.25) is 9.59 Å². The van der Waals surface area contributed by atoms with E-state index in [1.165, 1.54) is 0 Å². The minimum atomic E-state index is -0.432. The van der Waals surface area contributed by atoms with Gasteiger partial charge in [-0.05, 0) is 12.5 Å². The molecule has 0 aliphatic carbocycles. The van der Waals surface area contributed by atoms with E-state index in [2.05, 4.69) is 0 Å². The Bertz CT molecular complexity index is 542. The fraction of sp³-hybridized carbons (Fsp3) is 0.412. The third-order valence-electron chi connectivity index (χ3n) is 3.76. The summed E-state index contributed by atoms with van der Waals surface area (Å²) in [7, 11) is 1.58. The molecule has 1 aromatic rings. The maximum Gasteiger partial charge on any atom is 0.245 e. The van der Waals surface area contributed by atoms with Crippen molar-refractivity contribution < 1.29 is 14.3 Å². The summed E-state index contributed by atoms with van der Waals surface area (Å²) < 4.78 is 4.97. The summed E-state index contributed by atoms with van der Waals surface area (Å²) in [6, 6.07) is 9.45. The number of methoxy groups -OCH3 is 1. The van der Waals surface area contributed by atoms with Gasteiger partial charge in [0.2, 0.25) is 11.8 Å². The van der Waals surface area contributed by atoms with Gasteiger partial charge >= 0.3 is 0 Å². The first-order valence-electron chi connectivity index (χ1n) is 7.42. The van der Waals surface area contributed by atoms with E-state index < -0.39 is 6.04 Å². The number of carbonyl (C=O) groups is 2. The lowest BCUT2D eigenvalue weighted by atomic mass is 10.1. The highest BCUT2D eigenvalue weighted by Gasteiger charge is 2.35. The quantitative estimate of drug-likeness (QED) is 0.798. The fourth-order valence-corrected chi connectivity index (χ4v) is 2.46. The Morgan fingerprint density at radius 1 is 1.27 bits per heavy atom. The van der Waals surface area contributed by atoms with Crippen molar-refractivity contribution in [3.05, 3.63) is 42.0 Å². The largest absolute Gasteiger partial charge is 0.383 e. The Balaban J connectivity index is 1.96. The molecule has 1 aliphatic heterocycles. The lowest BCUT2D eigenvalue weighted by Crippen LogP contribution is -2.59. The van der Waals surface area contributed by atoms with Crippen LogP contribution in [0.25, 0.3) is 6.08 Å². The molecule has 0 radical (unpaired) electrons. The minimum absolute atomic E-state index is 0.0234. The van der Waals surface area contributed by atoms with E-state index in [0.29, 0.717) is 19.7 Å². The molecule has 5 heteroatoms. The second-order valence-corrected chi connectivity index (χ2v) is 5.29. The van der Waals surface area contributed by atoms with Gasteiger partial charge in [0.15, 0.2) is 0 Å². The van der Waals surface area contributed by atoms with E-state index in [4.69, 9.17) is 4.74 Å². The van der Waals surface area contributed by atoms with Crippen molar-refractivity contribution in [1.82, 2.24) is 9.80 Å². The molecule has 1 atom stereocenters. The highest BCUT2D eigenvalue weighted by Crippen LogP contribution is 2.13. The van der Waals surface area contributed by atoms with Crippen molar-refractivity contribution in [2.45, 2.75) is 13.0 Å². The molecule has 0 bridgehead atoms. The van der Waals surface area contributed by atoms with Gasteiger partial charge in [0.1, 0.15) is 6.04 Å². The van der Waals surface area contributed by atoms with Crippen LogP contribution in [0.1, 0.15) is 12.5 Å². The van der Waals surface area contributed by atoms with Gasteiger partial charge in [0.05, 0.1) is 13.2 Å². The maximum atomic E-state index is 12.3. The van der Waals surface area contributed by atoms with Crippen molar-refractivity contribution in [3.8, 4) is 0 Å². The van der Waals surface area contributed by atoms with Crippen molar-refractivity contribution >= 4 is 17.9 Å². The molecule has 22 heavy (non-hydrogen) atoms. The van der Waals surface area contributed by atoms with Crippen LogP contribution >= 0.6 is 0 Å². The van der Waals surface area contributed by atoms with Gasteiger partial charge in [-0.1, -0.05) is 42.5 Å². The van der Waals surface area contributed by atoms with Crippen LogP contribution in [-0.4, -0.2) is 61.0 Å². The first-order chi connectivity index (χ1) is 10.6. The third-order valence-corrected chi connectivity index (χ3v) is 3.76. The minimum Gasteiger partial charge on any atom is -0.383 e. The molecular formula is C17H22N2O3. The van der Waals surface area contributed by atoms with Crippen LogP contribution in [0.15, 0.2) is 36.4 Å². The van der Waals surface area contributed by atoms with Gasteiger partial charge in [0, 0.05) is 20.2 Å². The number of benzene rings is 1. The summed E-state index contributed by atoms with van der Waals surface area (Å²) >= 11 is 0. The smallest absolute Gasteiger partial charge is 0.245 e. The van der Waals surface area contributed by atoms with Crippen molar-refractivity contribution in [2.24, 2.45) is 0 Å². The summed E-state index contributed by atoms with van der Waals surface area (Å²) in [6.07, 6.45) is 3.88. The first kappa shape index (κ1) is 16.2. The molecular weight excluding hydrogens is 280 g/mol. The molecule has 5 nitrogen and oxygen atoms in total. The lowest BCUT2D eigenvalue weighted by Gasteiger charge is -2.38. The average molecular weight is 302 g/mol. The molecule has 1 fully saturated rings. The number of carbonyl (C=O) groups excluding carboxylic acids is 2. The van der Waals surface area contributed by atoms with E-state index in [1.54, 1.807) is 23.8 Å². The molecule has 0 saturated carbocycles. The van der Waals surface area contributed by atoms with E-state index in [0.717, 1.165) is 5.56 Å². The van der Waals surface area contributed by atoms with Crippen LogP contribution in [0.4, 0.5) is 0 Å². The number of rotatable bonds is 6. The Hall–Kier alpha value is -2.14. The predicted molar refractivity (Wildman–Crippen MR) is 85.1 cm³/mol. The van der Waals surface area contributed by atoms with Crippen molar-refractivity contribution in [3.63, 3.8) is 0 Å². The molecule has 118 valence electrons. The second-order valence-electron chi connectivity index (χ2n) is 5.29. The highest BCUT2D eigenvalue weighted by atomic mass is 16.5. The maximum absolute atomic E-state index is 12.3. The fourth-order valence-electron chi connectivity index (χ4n) is 2.46. The number of amides is 2. The standard InChI is InChI=1S/C17H22N2O3/c1-14-17(21)18(11-12-22-2)13-16(20)19(14)10-6-9-15-7-4-3-5-8-15/h3-9,14H,10-13H2,1-2H3/t14-/m0/s1. The Labute approximate surface area is 131 Å². The molecule has 0 unspecified atom stereocenters. The van der Waals surface area contributed by atoms with Gasteiger partial charge < -0.3 is 14.5 Å². The Morgan fingerprint density at radius 3 is 2.68 bits per heavy atom. The molecule has 0 N–H and O–H groups in total. The monoisotopic (exact) mass is 302 g/mol. The van der Waals surface area contributed by atoms with Crippen molar-refractivity contribution in [1.29, 1.82) is 0 Å². The zero-order valence-corrected chi connectivity index (χ0v) is 13.1. The molecule has 1 aliphatic rings. The van der Waals surface area contributed by atoms with E-state index in [1.807, 2.05) is 42.5 Å². The Morgan fingerprint density at radius 2 is 2.00 bits per heavy atom. The van der Waals surface area contributed by atoms with Crippen LogP contribution in [-0.2, 0) is 14.3 Å². The van der Waals surface area contributed by atoms with Gasteiger partial charge in [-0.2, -0.15) is 0 Å². The second kappa shape index (κ2) is 7.75. The van der Waals surface area contributed by atoms with E-state index in [9.17, 15) is 9.59 Å². The van der Waals surface area contributed by atoms with E-state index >= 15 is 0 Å². The molecule has 2 rings (SSSR count). The summed E-state index contributed by atoms with van der Waals surface area (Å²) in [6.45, 7) is 3.25. The summed E-state index contributed by atoms with van der Waals surface area (Å²) in [5.74, 6) is -0.0503. The molecule has 0 aromatic heterocycles. The molecule has 0 spiro atoms. The summed E-state index contributed by atoms with van der Waals surface area (Å²) in [5, 5.41) is 0. The molecule has 1 aromatic carbocycles. The third kappa shape index (κ3) is 3.95. The summed E-state index contributed by atoms with van der Waals surface area (Å²) in [5.41, 5.74) is 1.08. The normalized spacial score (nSPS) is 19.3. The van der Waals surface area contributed by atoms with Crippen LogP contribution in [0.2, 0.25) is 0 Å². The number of piperazine rings is 1. The zero-order chi connectivity index (χ0) is 15.9. The predicted octanol–water partition coefficient (Wildman–Crippen LogP) is 1.41. The summed E-state index contributed by atoms with van der Waals surface area (Å²) in [4.78, 5) is 27.7.